The number of nitrogens with one attached hydrogen (secondary N) is 1. The average Bonchev–Trinajstić information content (AvgIpc) is 2.41. The number of hydrogen-bond acceptors (Lipinski definition) is 3. The molecule has 5 heteroatoms. The zero-order valence-electron chi connectivity index (χ0n) is 10.3. The van der Waals surface area contributed by atoms with Crippen LogP contribution < -0.4 is 11.1 Å². The van der Waals surface area contributed by atoms with E-state index in [1.807, 2.05) is 24.3 Å². The first-order valence-electron chi connectivity index (χ1n) is 5.89. The Morgan fingerprint density at radius 3 is 2.58 bits per heavy atom. The zero-order chi connectivity index (χ0) is 13.7. The SMILES string of the molecule is Nc1ccc(CCC(=O)Nc2ccc(Cl)nc2)cc1. The molecule has 0 saturated carbocycles. The van der Waals surface area contributed by atoms with Crippen LogP contribution >= 0.6 is 11.6 Å². The van der Waals surface area contributed by atoms with Crippen molar-refractivity contribution in [2.24, 2.45) is 0 Å². The van der Waals surface area contributed by atoms with Gasteiger partial charge >= 0.3 is 0 Å². The van der Waals surface area contributed by atoms with E-state index in [0.29, 0.717) is 23.7 Å². The Balaban J connectivity index is 1.84. The molecular weight excluding hydrogens is 262 g/mol. The lowest BCUT2D eigenvalue weighted by Gasteiger charge is -2.05. The Bertz CT molecular complexity index is 552. The lowest BCUT2D eigenvalue weighted by Crippen LogP contribution is -2.12. The number of nitrogens with zero attached hydrogens (tertiary/aromatic N) is 1. The van der Waals surface area contributed by atoms with E-state index in [-0.39, 0.29) is 5.91 Å². The number of carbonyl (C=O) groups is 1. The monoisotopic (exact) mass is 275 g/mol. The summed E-state index contributed by atoms with van der Waals surface area (Å²) in [6.45, 7) is 0. The Hall–Kier alpha value is -2.07. The van der Waals surface area contributed by atoms with Crippen molar-refractivity contribution in [3.8, 4) is 0 Å². The number of rotatable bonds is 4. The molecule has 1 aromatic heterocycles. The van der Waals surface area contributed by atoms with Gasteiger partial charge in [-0.25, -0.2) is 4.98 Å². The van der Waals surface area contributed by atoms with E-state index in [0.717, 1.165) is 11.3 Å². The number of hydrogen-bond donors (Lipinski definition) is 2. The van der Waals surface area contributed by atoms with Crippen LogP contribution in [0, 0.1) is 0 Å². The normalized spacial score (nSPS) is 10.2. The number of halogens is 1. The summed E-state index contributed by atoms with van der Waals surface area (Å²) >= 11 is 5.67. The quantitative estimate of drug-likeness (QED) is 0.666. The van der Waals surface area contributed by atoms with Crippen LogP contribution in [0.4, 0.5) is 11.4 Å². The lowest BCUT2D eigenvalue weighted by atomic mass is 10.1. The van der Waals surface area contributed by atoms with Crippen molar-refractivity contribution < 1.29 is 4.79 Å². The van der Waals surface area contributed by atoms with Crippen LogP contribution in [0.5, 0.6) is 0 Å². The highest BCUT2D eigenvalue weighted by Gasteiger charge is 2.03. The van der Waals surface area contributed by atoms with Gasteiger partial charge in [-0.2, -0.15) is 0 Å². The molecule has 0 spiro atoms. The van der Waals surface area contributed by atoms with Crippen molar-refractivity contribution in [3.05, 3.63) is 53.3 Å². The molecule has 0 atom stereocenters. The van der Waals surface area contributed by atoms with Gasteiger partial charge in [-0.3, -0.25) is 4.79 Å². The topological polar surface area (TPSA) is 68.0 Å². The minimum Gasteiger partial charge on any atom is -0.399 e. The number of carbonyl (C=O) groups excluding carboxylic acids is 1. The molecule has 4 nitrogen and oxygen atoms in total. The third kappa shape index (κ3) is 4.26. The number of nitrogen functional groups attached to an aromatic ring is 1. The van der Waals surface area contributed by atoms with Crippen molar-refractivity contribution >= 4 is 28.9 Å². The zero-order valence-corrected chi connectivity index (χ0v) is 11.0. The van der Waals surface area contributed by atoms with Gasteiger partial charge in [-0.05, 0) is 36.2 Å². The summed E-state index contributed by atoms with van der Waals surface area (Å²) in [5.74, 6) is -0.0547. The summed E-state index contributed by atoms with van der Waals surface area (Å²) in [7, 11) is 0. The molecule has 0 unspecified atom stereocenters. The molecular formula is C14H14ClN3O. The number of aromatic nitrogens is 1. The van der Waals surface area contributed by atoms with Crippen LogP contribution in [-0.4, -0.2) is 10.9 Å². The fraction of sp³-hybridized carbons (Fsp3) is 0.143. The van der Waals surface area contributed by atoms with Gasteiger partial charge in [0.05, 0.1) is 11.9 Å². The number of pyridine rings is 1. The Morgan fingerprint density at radius 1 is 1.21 bits per heavy atom. The van der Waals surface area contributed by atoms with Gasteiger partial charge in [0.2, 0.25) is 5.91 Å². The van der Waals surface area contributed by atoms with E-state index in [1.165, 1.54) is 6.20 Å². The molecule has 3 N–H and O–H groups in total. The van der Waals surface area contributed by atoms with Crippen molar-refractivity contribution in [1.29, 1.82) is 0 Å². The highest BCUT2D eigenvalue weighted by atomic mass is 35.5. The molecule has 0 radical (unpaired) electrons. The largest absolute Gasteiger partial charge is 0.399 e. The molecule has 1 aromatic carbocycles. The smallest absolute Gasteiger partial charge is 0.224 e. The Kier molecular flexibility index (Phi) is 4.36. The maximum absolute atomic E-state index is 11.7. The van der Waals surface area contributed by atoms with Crippen LogP contribution in [0.3, 0.4) is 0 Å². The molecule has 2 aromatic rings. The maximum Gasteiger partial charge on any atom is 0.224 e. The van der Waals surface area contributed by atoms with Gasteiger partial charge in [0, 0.05) is 12.1 Å². The van der Waals surface area contributed by atoms with Gasteiger partial charge in [0.25, 0.3) is 0 Å². The molecule has 19 heavy (non-hydrogen) atoms. The first-order valence-corrected chi connectivity index (χ1v) is 6.27. The van der Waals surface area contributed by atoms with Gasteiger partial charge in [0.15, 0.2) is 0 Å². The van der Waals surface area contributed by atoms with Gasteiger partial charge < -0.3 is 11.1 Å². The summed E-state index contributed by atoms with van der Waals surface area (Å²) in [5.41, 5.74) is 8.05. The average molecular weight is 276 g/mol. The number of anilines is 2. The molecule has 2 rings (SSSR count). The van der Waals surface area contributed by atoms with Gasteiger partial charge in [0.1, 0.15) is 5.15 Å². The van der Waals surface area contributed by atoms with E-state index in [9.17, 15) is 4.79 Å². The third-order valence-corrected chi connectivity index (χ3v) is 2.86. The van der Waals surface area contributed by atoms with Crippen molar-refractivity contribution in [3.63, 3.8) is 0 Å². The molecule has 0 aliphatic carbocycles. The van der Waals surface area contributed by atoms with Crippen LogP contribution in [0.2, 0.25) is 5.15 Å². The predicted octanol–water partition coefficient (Wildman–Crippen LogP) is 2.89. The van der Waals surface area contributed by atoms with Crippen molar-refractivity contribution in [2.45, 2.75) is 12.8 Å². The number of benzene rings is 1. The molecule has 0 aliphatic rings. The summed E-state index contributed by atoms with van der Waals surface area (Å²) < 4.78 is 0. The van der Waals surface area contributed by atoms with Crippen LogP contribution in [0.1, 0.15) is 12.0 Å². The molecule has 0 aliphatic heterocycles. The van der Waals surface area contributed by atoms with E-state index in [2.05, 4.69) is 10.3 Å². The van der Waals surface area contributed by atoms with E-state index in [1.54, 1.807) is 12.1 Å². The first kappa shape index (κ1) is 13.4. The number of nitrogens with two attached hydrogens (primary N) is 1. The second kappa shape index (κ2) is 6.20. The third-order valence-electron chi connectivity index (χ3n) is 2.63. The van der Waals surface area contributed by atoms with Gasteiger partial charge in [-0.15, -0.1) is 0 Å². The first-order chi connectivity index (χ1) is 9.13. The van der Waals surface area contributed by atoms with E-state index >= 15 is 0 Å². The Morgan fingerprint density at radius 2 is 1.95 bits per heavy atom. The van der Waals surface area contributed by atoms with Crippen molar-refractivity contribution in [2.75, 3.05) is 11.1 Å². The second-order valence-corrected chi connectivity index (χ2v) is 4.55. The second-order valence-electron chi connectivity index (χ2n) is 4.16. The van der Waals surface area contributed by atoms with Crippen molar-refractivity contribution in [1.82, 2.24) is 4.98 Å². The molecule has 0 fully saturated rings. The fourth-order valence-electron chi connectivity index (χ4n) is 1.62. The summed E-state index contributed by atoms with van der Waals surface area (Å²) in [6, 6.07) is 10.9. The van der Waals surface area contributed by atoms with E-state index in [4.69, 9.17) is 17.3 Å². The Labute approximate surface area is 116 Å². The number of amides is 1. The minimum absolute atomic E-state index is 0.0547. The molecule has 0 bridgehead atoms. The highest BCUT2D eigenvalue weighted by Crippen LogP contribution is 2.11. The number of aryl methyl sites for hydroxylation is 1. The maximum atomic E-state index is 11.7. The van der Waals surface area contributed by atoms with Crippen LogP contribution in [0.15, 0.2) is 42.6 Å². The molecule has 0 saturated heterocycles. The standard InChI is InChI=1S/C14H14ClN3O/c15-13-7-6-12(9-17-13)18-14(19)8-3-10-1-4-11(16)5-2-10/h1-2,4-7,9H,3,8,16H2,(H,18,19). The van der Waals surface area contributed by atoms with Crippen LogP contribution in [0.25, 0.3) is 0 Å². The van der Waals surface area contributed by atoms with Crippen LogP contribution in [-0.2, 0) is 11.2 Å². The van der Waals surface area contributed by atoms with Gasteiger partial charge in [-0.1, -0.05) is 23.7 Å². The van der Waals surface area contributed by atoms with E-state index < -0.39 is 0 Å². The highest BCUT2D eigenvalue weighted by molar-refractivity contribution is 6.29. The molecule has 1 amide bonds. The predicted molar refractivity (Wildman–Crippen MR) is 77.1 cm³/mol. The molecule has 1 heterocycles. The minimum atomic E-state index is -0.0547. The lowest BCUT2D eigenvalue weighted by molar-refractivity contribution is -0.116. The summed E-state index contributed by atoms with van der Waals surface area (Å²) in [4.78, 5) is 15.6. The fourth-order valence-corrected chi connectivity index (χ4v) is 1.73. The summed E-state index contributed by atoms with van der Waals surface area (Å²) in [5, 5.41) is 3.17. The molecule has 98 valence electrons. The summed E-state index contributed by atoms with van der Waals surface area (Å²) in [6.07, 6.45) is 2.61.